The number of hydrogen-bond donors (Lipinski definition) is 3. The molecule has 212 valence electrons. The molecule has 0 fully saturated rings. The molecule has 1 aromatic carbocycles. The molecule has 0 atom stereocenters. The van der Waals surface area contributed by atoms with Crippen molar-refractivity contribution < 1.29 is 14.3 Å². The van der Waals surface area contributed by atoms with Crippen molar-refractivity contribution in [1.29, 1.82) is 5.26 Å². The molecule has 4 rings (SSSR count). The van der Waals surface area contributed by atoms with Crippen LogP contribution in [0.3, 0.4) is 0 Å². The van der Waals surface area contributed by atoms with Crippen LogP contribution in [-0.4, -0.2) is 49.4 Å². The molecule has 3 aromatic heterocycles. The van der Waals surface area contributed by atoms with Crippen molar-refractivity contribution in [1.82, 2.24) is 30.2 Å². The summed E-state index contributed by atoms with van der Waals surface area (Å²) in [6.45, 7) is 10.8. The molecule has 0 aliphatic rings. The average Bonchev–Trinajstić information content (AvgIpc) is 3.24. The Morgan fingerprint density at radius 2 is 1.83 bits per heavy atom. The SMILES string of the molecule is Cc1cc(-c2c(-c3cccc(C#N)c3)nn3ccc(NC(=O)NCC(C)(C)NC(=O)OC(C)(C)C)nc23)cc(Cl)n1. The highest BCUT2D eigenvalue weighted by Crippen LogP contribution is 2.36. The van der Waals surface area contributed by atoms with Gasteiger partial charge < -0.3 is 15.4 Å². The van der Waals surface area contributed by atoms with Gasteiger partial charge in [-0.3, -0.25) is 5.32 Å². The first-order chi connectivity index (χ1) is 19.2. The number of carbonyl (C=O) groups excluding carboxylic acids is 2. The van der Waals surface area contributed by atoms with E-state index in [1.165, 1.54) is 0 Å². The molecule has 4 aromatic rings. The number of carbonyl (C=O) groups is 2. The van der Waals surface area contributed by atoms with Gasteiger partial charge in [0.1, 0.15) is 22.3 Å². The second kappa shape index (κ2) is 11.4. The molecule has 0 bridgehead atoms. The summed E-state index contributed by atoms with van der Waals surface area (Å²) >= 11 is 6.30. The number of pyridine rings is 1. The first-order valence-corrected chi connectivity index (χ1v) is 13.2. The van der Waals surface area contributed by atoms with Gasteiger partial charge in [-0.15, -0.1) is 0 Å². The number of nitrogens with one attached hydrogen (secondary N) is 3. The number of benzene rings is 1. The monoisotopic (exact) mass is 574 g/mol. The molecule has 0 saturated heterocycles. The number of rotatable bonds is 6. The molecule has 3 N–H and O–H groups in total. The fourth-order valence-electron chi connectivity index (χ4n) is 4.06. The standard InChI is InChI=1S/C29H31ClN8O3/c1-17-12-20(14-21(30)33-17)23-24(19-9-7-8-18(13-19)15-31)37-38-11-10-22(34-25(23)38)35-26(39)32-16-29(5,6)36-27(40)41-28(2,3)4/h7-14H,16H2,1-6H3,(H,36,40)(H2,32,34,35,39). The van der Waals surface area contributed by atoms with Crippen LogP contribution in [0.2, 0.25) is 5.15 Å². The zero-order valence-electron chi connectivity index (χ0n) is 23.7. The van der Waals surface area contributed by atoms with E-state index in [0.717, 1.165) is 11.1 Å². The van der Waals surface area contributed by atoms with Crippen LogP contribution in [0.15, 0.2) is 48.7 Å². The summed E-state index contributed by atoms with van der Waals surface area (Å²) in [5.74, 6) is 0.281. The molecule has 3 amide bonds. The zero-order valence-corrected chi connectivity index (χ0v) is 24.4. The number of nitriles is 1. The molecule has 0 aliphatic carbocycles. The number of alkyl carbamates (subject to hydrolysis) is 1. The van der Waals surface area contributed by atoms with Crippen molar-refractivity contribution in [3.63, 3.8) is 0 Å². The number of aryl methyl sites for hydroxylation is 1. The molecule has 0 unspecified atom stereocenters. The quantitative estimate of drug-likeness (QED) is 0.250. The van der Waals surface area contributed by atoms with Gasteiger partial charge in [0.15, 0.2) is 5.65 Å². The number of urea groups is 1. The topological polar surface area (TPSA) is 146 Å². The third-order valence-corrected chi connectivity index (χ3v) is 5.93. The maximum Gasteiger partial charge on any atom is 0.408 e. The summed E-state index contributed by atoms with van der Waals surface area (Å²) in [4.78, 5) is 33.9. The van der Waals surface area contributed by atoms with Gasteiger partial charge in [-0.1, -0.05) is 23.7 Å². The van der Waals surface area contributed by atoms with Crippen LogP contribution < -0.4 is 16.0 Å². The molecule has 0 radical (unpaired) electrons. The third kappa shape index (κ3) is 7.49. The minimum Gasteiger partial charge on any atom is -0.444 e. The summed E-state index contributed by atoms with van der Waals surface area (Å²) < 4.78 is 6.90. The fourth-order valence-corrected chi connectivity index (χ4v) is 4.31. The van der Waals surface area contributed by atoms with Crippen LogP contribution in [0.25, 0.3) is 28.0 Å². The van der Waals surface area contributed by atoms with Crippen LogP contribution in [0.1, 0.15) is 45.9 Å². The summed E-state index contributed by atoms with van der Waals surface area (Å²) in [6, 6.07) is 14.0. The smallest absolute Gasteiger partial charge is 0.408 e. The van der Waals surface area contributed by atoms with Crippen molar-refractivity contribution in [2.75, 3.05) is 11.9 Å². The first-order valence-electron chi connectivity index (χ1n) is 12.8. The predicted octanol–water partition coefficient (Wildman–Crippen LogP) is 5.72. The van der Waals surface area contributed by atoms with Crippen LogP contribution in [-0.2, 0) is 4.74 Å². The van der Waals surface area contributed by atoms with Crippen molar-refractivity contribution in [2.24, 2.45) is 0 Å². The number of anilines is 1. The number of nitrogens with zero attached hydrogens (tertiary/aromatic N) is 5. The molecule has 12 heteroatoms. The van der Waals surface area contributed by atoms with Crippen LogP contribution in [0.4, 0.5) is 15.4 Å². The molecule has 0 aliphatic heterocycles. The highest BCUT2D eigenvalue weighted by Gasteiger charge is 2.25. The number of halogens is 1. The van der Waals surface area contributed by atoms with Gasteiger partial charge >= 0.3 is 12.1 Å². The van der Waals surface area contributed by atoms with E-state index in [4.69, 9.17) is 21.4 Å². The van der Waals surface area contributed by atoms with E-state index in [9.17, 15) is 14.9 Å². The van der Waals surface area contributed by atoms with Gasteiger partial charge in [-0.25, -0.2) is 24.1 Å². The van der Waals surface area contributed by atoms with Crippen molar-refractivity contribution >= 4 is 35.2 Å². The molecular formula is C29H31ClN8O3. The average molecular weight is 575 g/mol. The van der Waals surface area contributed by atoms with E-state index in [1.54, 1.807) is 75.7 Å². The Morgan fingerprint density at radius 1 is 1.07 bits per heavy atom. The number of ether oxygens (including phenoxy) is 1. The lowest BCUT2D eigenvalue weighted by Crippen LogP contribution is -2.53. The second-order valence-corrected chi connectivity index (χ2v) is 11.5. The Hall–Kier alpha value is -4.69. The maximum atomic E-state index is 12.8. The normalized spacial score (nSPS) is 11.6. The van der Waals surface area contributed by atoms with Gasteiger partial charge in [-0.05, 0) is 77.4 Å². The van der Waals surface area contributed by atoms with E-state index in [2.05, 4.69) is 32.0 Å². The first kappa shape index (κ1) is 29.3. The number of hydrogen-bond acceptors (Lipinski definition) is 7. The van der Waals surface area contributed by atoms with E-state index in [0.29, 0.717) is 33.3 Å². The molecule has 3 heterocycles. The summed E-state index contributed by atoms with van der Waals surface area (Å²) in [5, 5.41) is 22.7. The highest BCUT2D eigenvalue weighted by atomic mass is 35.5. The lowest BCUT2D eigenvalue weighted by Gasteiger charge is -2.28. The van der Waals surface area contributed by atoms with E-state index in [-0.39, 0.29) is 12.4 Å². The van der Waals surface area contributed by atoms with Gasteiger partial charge in [0.2, 0.25) is 0 Å². The van der Waals surface area contributed by atoms with Crippen molar-refractivity contribution in [2.45, 2.75) is 52.7 Å². The lowest BCUT2D eigenvalue weighted by atomic mass is 10.00. The van der Waals surface area contributed by atoms with E-state index in [1.807, 2.05) is 19.1 Å². The largest absolute Gasteiger partial charge is 0.444 e. The van der Waals surface area contributed by atoms with Crippen LogP contribution >= 0.6 is 11.6 Å². The number of fused-ring (bicyclic) bond motifs is 1. The van der Waals surface area contributed by atoms with E-state index < -0.39 is 23.3 Å². The number of amides is 3. The summed E-state index contributed by atoms with van der Waals surface area (Å²) in [5.41, 5.74) is 2.97. The van der Waals surface area contributed by atoms with E-state index >= 15 is 0 Å². The number of aromatic nitrogens is 4. The Labute approximate surface area is 242 Å². The van der Waals surface area contributed by atoms with Crippen LogP contribution in [0.5, 0.6) is 0 Å². The molecule has 0 spiro atoms. The summed E-state index contributed by atoms with van der Waals surface area (Å²) in [7, 11) is 0. The highest BCUT2D eigenvalue weighted by molar-refractivity contribution is 6.29. The maximum absolute atomic E-state index is 12.8. The summed E-state index contributed by atoms with van der Waals surface area (Å²) in [6.07, 6.45) is 1.11. The van der Waals surface area contributed by atoms with Crippen molar-refractivity contribution in [3.05, 3.63) is 65.1 Å². The molecule has 11 nitrogen and oxygen atoms in total. The molecule has 41 heavy (non-hydrogen) atoms. The Balaban J connectivity index is 1.62. The Morgan fingerprint density at radius 3 is 2.51 bits per heavy atom. The van der Waals surface area contributed by atoms with Gasteiger partial charge in [0, 0.05) is 24.0 Å². The Bertz CT molecular complexity index is 1650. The minimum atomic E-state index is -0.777. The molecular weight excluding hydrogens is 544 g/mol. The predicted molar refractivity (Wildman–Crippen MR) is 157 cm³/mol. The lowest BCUT2D eigenvalue weighted by molar-refractivity contribution is 0.0473. The van der Waals surface area contributed by atoms with Crippen LogP contribution in [0, 0.1) is 18.3 Å². The zero-order chi connectivity index (χ0) is 29.9. The van der Waals surface area contributed by atoms with Gasteiger partial charge in [-0.2, -0.15) is 10.4 Å². The molecule has 0 saturated carbocycles. The third-order valence-electron chi connectivity index (χ3n) is 5.73. The Kier molecular flexibility index (Phi) is 8.17. The van der Waals surface area contributed by atoms with Crippen molar-refractivity contribution in [3.8, 4) is 28.5 Å². The minimum absolute atomic E-state index is 0.131. The van der Waals surface area contributed by atoms with Gasteiger partial charge in [0.25, 0.3) is 0 Å². The van der Waals surface area contributed by atoms with Gasteiger partial charge in [0.05, 0.1) is 22.7 Å². The fraction of sp³-hybridized carbons (Fsp3) is 0.310. The second-order valence-electron chi connectivity index (χ2n) is 11.1.